The highest BCUT2D eigenvalue weighted by molar-refractivity contribution is 6.37. The number of aromatic nitrogens is 4. The van der Waals surface area contributed by atoms with Crippen molar-refractivity contribution in [3.63, 3.8) is 0 Å². The van der Waals surface area contributed by atoms with Crippen molar-refractivity contribution in [2.75, 3.05) is 13.2 Å². The van der Waals surface area contributed by atoms with E-state index in [0.717, 1.165) is 4.52 Å². The lowest BCUT2D eigenvalue weighted by molar-refractivity contribution is -0.145. The lowest BCUT2D eigenvalue weighted by Gasteiger charge is -2.11. The van der Waals surface area contributed by atoms with Gasteiger partial charge in [0.05, 0.1) is 10.0 Å². The van der Waals surface area contributed by atoms with Crippen LogP contribution in [0.3, 0.4) is 0 Å². The Morgan fingerprint density at radius 1 is 1.13 bits per heavy atom. The third-order valence-corrected chi connectivity index (χ3v) is 4.99. The Labute approximate surface area is 185 Å². The average Bonchev–Trinajstić information content (AvgIpc) is 3.11. The number of rotatable bonds is 7. The first kappa shape index (κ1) is 23.1. The Morgan fingerprint density at radius 3 is 2.45 bits per heavy atom. The van der Waals surface area contributed by atoms with Crippen LogP contribution in [0.1, 0.15) is 29.2 Å². The summed E-state index contributed by atoms with van der Waals surface area (Å²) in [5, 5.41) is 4.16. The van der Waals surface area contributed by atoms with Gasteiger partial charge in [0, 0.05) is 17.8 Å². The van der Waals surface area contributed by atoms with E-state index in [2.05, 4.69) is 15.1 Å². The van der Waals surface area contributed by atoms with Crippen molar-refractivity contribution >= 4 is 34.9 Å². The average molecular weight is 477 g/mol. The minimum Gasteiger partial charge on any atom is -0.487 e. The lowest BCUT2D eigenvalue weighted by Crippen LogP contribution is -2.14. The smallest absolute Gasteiger partial charge is 0.453 e. The number of nitrogens with zero attached hydrogens (tertiary/aromatic N) is 4. The Balaban J connectivity index is 1.57. The highest BCUT2D eigenvalue weighted by Gasteiger charge is 2.37. The molecule has 0 atom stereocenters. The van der Waals surface area contributed by atoms with E-state index in [9.17, 15) is 18.0 Å². The van der Waals surface area contributed by atoms with Crippen molar-refractivity contribution in [3.05, 3.63) is 51.0 Å². The maximum Gasteiger partial charge on any atom is 0.453 e. The summed E-state index contributed by atoms with van der Waals surface area (Å²) in [5.74, 6) is -1.61. The van der Waals surface area contributed by atoms with E-state index in [1.54, 1.807) is 32.0 Å². The molecule has 0 fully saturated rings. The fourth-order valence-electron chi connectivity index (χ4n) is 2.91. The molecule has 166 valence electrons. The summed E-state index contributed by atoms with van der Waals surface area (Å²) in [4.78, 5) is 19.5. The summed E-state index contributed by atoms with van der Waals surface area (Å²) in [6.07, 6.45) is -4.45. The third-order valence-electron chi connectivity index (χ3n) is 4.39. The zero-order valence-electron chi connectivity index (χ0n) is 16.5. The molecule has 0 bridgehead atoms. The van der Waals surface area contributed by atoms with Gasteiger partial charge in [0.1, 0.15) is 13.2 Å². The Morgan fingerprint density at radius 2 is 1.81 bits per heavy atom. The highest BCUT2D eigenvalue weighted by atomic mass is 35.5. The quantitative estimate of drug-likeness (QED) is 0.365. The van der Waals surface area contributed by atoms with Gasteiger partial charge in [-0.25, -0.2) is 9.50 Å². The van der Waals surface area contributed by atoms with Gasteiger partial charge in [0.15, 0.2) is 5.75 Å². The molecule has 0 saturated heterocycles. The number of carbonyl (C=O) groups excluding carboxylic acids is 1. The number of alkyl halides is 3. The zero-order valence-corrected chi connectivity index (χ0v) is 18.0. The molecular weight excluding hydrogens is 460 g/mol. The third kappa shape index (κ3) is 5.37. The molecule has 3 aromatic rings. The van der Waals surface area contributed by atoms with Crippen molar-refractivity contribution in [2.24, 2.45) is 0 Å². The molecule has 31 heavy (non-hydrogen) atoms. The molecule has 12 heteroatoms. The number of carbonyl (C=O) groups is 1. The maximum absolute atomic E-state index is 12.9. The molecule has 0 saturated carbocycles. The number of halogens is 5. The van der Waals surface area contributed by atoms with Crippen LogP contribution in [0, 0.1) is 13.8 Å². The molecule has 7 nitrogen and oxygen atoms in total. The maximum atomic E-state index is 12.9. The molecule has 2 aromatic heterocycles. The van der Waals surface area contributed by atoms with E-state index in [1.165, 1.54) is 0 Å². The van der Waals surface area contributed by atoms with Crippen molar-refractivity contribution in [3.8, 4) is 5.75 Å². The molecule has 0 aliphatic heterocycles. The summed E-state index contributed by atoms with van der Waals surface area (Å²) < 4.78 is 50.2. The van der Waals surface area contributed by atoms with E-state index < -0.39 is 18.0 Å². The largest absolute Gasteiger partial charge is 0.487 e. The monoisotopic (exact) mass is 476 g/mol. The SMILES string of the molecule is Cc1nc2nc(C(F)(F)F)nn2c(C)c1CCC(=O)OCCOc1c(Cl)cccc1Cl. The molecule has 2 heterocycles. The van der Waals surface area contributed by atoms with E-state index in [4.69, 9.17) is 32.7 Å². The number of fused-ring (bicyclic) bond motifs is 1. The Kier molecular flexibility index (Phi) is 6.90. The predicted octanol–water partition coefficient (Wildman–Crippen LogP) is 4.62. The first-order chi connectivity index (χ1) is 14.6. The number of esters is 1. The van der Waals surface area contributed by atoms with Gasteiger partial charge >= 0.3 is 12.1 Å². The zero-order chi connectivity index (χ0) is 22.8. The van der Waals surface area contributed by atoms with Gasteiger partial charge in [-0.1, -0.05) is 29.3 Å². The molecule has 0 amide bonds. The van der Waals surface area contributed by atoms with E-state index >= 15 is 0 Å². The summed E-state index contributed by atoms with van der Waals surface area (Å²) >= 11 is 12.0. The van der Waals surface area contributed by atoms with Gasteiger partial charge in [-0.3, -0.25) is 4.79 Å². The van der Waals surface area contributed by atoms with Gasteiger partial charge in [0.25, 0.3) is 11.6 Å². The van der Waals surface area contributed by atoms with Gasteiger partial charge < -0.3 is 9.47 Å². The van der Waals surface area contributed by atoms with Crippen LogP contribution in [-0.4, -0.2) is 38.8 Å². The van der Waals surface area contributed by atoms with E-state index in [0.29, 0.717) is 32.7 Å². The Bertz CT molecular complexity index is 1100. The normalized spacial score (nSPS) is 11.7. The number of ether oxygens (including phenoxy) is 2. The van der Waals surface area contributed by atoms with Crippen molar-refractivity contribution < 1.29 is 27.4 Å². The number of aryl methyl sites for hydroxylation is 2. The number of hydrogen-bond donors (Lipinski definition) is 0. The van der Waals surface area contributed by atoms with Crippen LogP contribution in [0.15, 0.2) is 18.2 Å². The van der Waals surface area contributed by atoms with Crippen LogP contribution in [0.2, 0.25) is 10.0 Å². The predicted molar refractivity (Wildman–Crippen MR) is 106 cm³/mol. The lowest BCUT2D eigenvalue weighted by atomic mass is 10.1. The summed E-state index contributed by atoms with van der Waals surface area (Å²) in [6, 6.07) is 4.92. The van der Waals surface area contributed by atoms with Crippen molar-refractivity contribution in [1.29, 1.82) is 0 Å². The molecule has 1 aromatic carbocycles. The van der Waals surface area contributed by atoms with Gasteiger partial charge in [-0.2, -0.15) is 18.2 Å². The van der Waals surface area contributed by atoms with Crippen LogP contribution in [-0.2, 0) is 22.1 Å². The van der Waals surface area contributed by atoms with E-state index in [1.807, 2.05) is 0 Å². The second-order valence-electron chi connectivity index (χ2n) is 6.53. The van der Waals surface area contributed by atoms with Crippen molar-refractivity contribution in [2.45, 2.75) is 32.9 Å². The van der Waals surface area contributed by atoms with Crippen LogP contribution in [0.4, 0.5) is 13.2 Å². The number of benzene rings is 1. The molecule has 0 radical (unpaired) electrons. The van der Waals surface area contributed by atoms with Crippen molar-refractivity contribution in [1.82, 2.24) is 19.6 Å². The van der Waals surface area contributed by atoms with E-state index in [-0.39, 0.29) is 31.8 Å². The van der Waals surface area contributed by atoms with Gasteiger partial charge in [-0.15, -0.1) is 5.10 Å². The van der Waals surface area contributed by atoms with Gasteiger partial charge in [0.2, 0.25) is 0 Å². The first-order valence-corrected chi connectivity index (χ1v) is 9.86. The first-order valence-electron chi connectivity index (χ1n) is 9.10. The second-order valence-corrected chi connectivity index (χ2v) is 7.34. The summed E-state index contributed by atoms with van der Waals surface area (Å²) in [5.41, 5.74) is 1.49. The fraction of sp³-hybridized carbons (Fsp3) is 0.368. The van der Waals surface area contributed by atoms with Crippen LogP contribution < -0.4 is 4.74 Å². The molecule has 0 unspecified atom stereocenters. The highest BCUT2D eigenvalue weighted by Crippen LogP contribution is 2.32. The Hall–Kier alpha value is -2.59. The molecule has 0 aliphatic rings. The number of para-hydroxylation sites is 1. The minimum absolute atomic E-state index is 0.00252. The second kappa shape index (κ2) is 9.27. The van der Waals surface area contributed by atoms with Crippen LogP contribution in [0.25, 0.3) is 5.78 Å². The molecule has 0 N–H and O–H groups in total. The minimum atomic E-state index is -4.67. The van der Waals surface area contributed by atoms with Crippen LogP contribution in [0.5, 0.6) is 5.75 Å². The molecule has 0 spiro atoms. The standard InChI is InChI=1S/C19H17Cl2F3N4O3/c1-10-12(11(2)28-18(25-10)26-17(27-28)19(22,23)24)6-7-15(29)30-8-9-31-16-13(20)4-3-5-14(16)21/h3-5H,6-9H2,1-2H3. The molecule has 3 rings (SSSR count). The summed E-state index contributed by atoms with van der Waals surface area (Å²) in [6.45, 7) is 3.27. The van der Waals surface area contributed by atoms with Gasteiger partial charge in [-0.05, 0) is 38.0 Å². The summed E-state index contributed by atoms with van der Waals surface area (Å²) in [7, 11) is 0. The van der Waals surface area contributed by atoms with Crippen LogP contribution >= 0.6 is 23.2 Å². The fourth-order valence-corrected chi connectivity index (χ4v) is 3.42. The topological polar surface area (TPSA) is 78.6 Å². The molecule has 0 aliphatic carbocycles. The number of hydrogen-bond acceptors (Lipinski definition) is 6. The molecular formula is C19H17Cl2F3N4O3.